The molecule has 0 saturated carbocycles. The summed E-state index contributed by atoms with van der Waals surface area (Å²) in [6, 6.07) is -3.20. The van der Waals surface area contributed by atoms with E-state index in [0.29, 0.717) is 6.42 Å². The Labute approximate surface area is 179 Å². The van der Waals surface area contributed by atoms with E-state index in [1.807, 2.05) is 5.32 Å². The lowest BCUT2D eigenvalue weighted by Crippen LogP contribution is -2.52. The molecule has 0 unspecified atom stereocenters. The Kier molecular flexibility index (Phi) is 9.75. The van der Waals surface area contributed by atoms with Crippen LogP contribution in [0.1, 0.15) is 33.1 Å². The predicted molar refractivity (Wildman–Crippen MR) is 98.5 cm³/mol. The van der Waals surface area contributed by atoms with Gasteiger partial charge in [0.05, 0.1) is 6.42 Å². The summed E-state index contributed by atoms with van der Waals surface area (Å²) in [5.74, 6) is -14.6. The highest BCUT2D eigenvalue weighted by Gasteiger charge is 2.29. The van der Waals surface area contributed by atoms with Crippen molar-refractivity contribution >= 4 is 29.4 Å². The molecule has 1 aromatic rings. The lowest BCUT2D eigenvalue weighted by molar-refractivity contribution is -0.141. The summed E-state index contributed by atoms with van der Waals surface area (Å²) in [5.41, 5.74) is 0. The van der Waals surface area contributed by atoms with Crippen molar-refractivity contribution in [3.63, 3.8) is 0 Å². The number of ketones is 2. The van der Waals surface area contributed by atoms with E-state index in [-0.39, 0.29) is 12.5 Å². The van der Waals surface area contributed by atoms with Crippen LogP contribution in [-0.4, -0.2) is 53.1 Å². The maximum Gasteiger partial charge on any atom is 0.305 e. The zero-order valence-corrected chi connectivity index (χ0v) is 17.0. The second kappa shape index (κ2) is 11.8. The van der Waals surface area contributed by atoms with Gasteiger partial charge in [0, 0.05) is 12.5 Å². The molecule has 0 aliphatic carbocycles. The standard InChI is InChI=1S/C19H20F4N2O7/c1-3-4-12(26)19(31)24-8(2)18(30)25-11(6-14(28)29)13(27)7-32-17-15(22)9(20)5-10(21)16(17)23/h5,8,11H,3-4,6-7H2,1-2H3,(H,24,31)(H,25,30)(H,28,29)/t8-,11-/m0/s1. The monoisotopic (exact) mass is 464 g/mol. The summed E-state index contributed by atoms with van der Waals surface area (Å²) in [4.78, 5) is 58.6. The van der Waals surface area contributed by atoms with Gasteiger partial charge in [-0.15, -0.1) is 0 Å². The first-order chi connectivity index (χ1) is 14.9. The molecule has 0 bridgehead atoms. The summed E-state index contributed by atoms with van der Waals surface area (Å²) in [7, 11) is 0. The summed E-state index contributed by atoms with van der Waals surface area (Å²) in [5, 5.41) is 13.0. The summed E-state index contributed by atoms with van der Waals surface area (Å²) in [6.45, 7) is 1.57. The molecule has 1 aromatic carbocycles. The van der Waals surface area contributed by atoms with Gasteiger partial charge in [0.25, 0.3) is 5.91 Å². The minimum Gasteiger partial charge on any atom is -0.481 e. The molecule has 2 amide bonds. The van der Waals surface area contributed by atoms with Crippen LogP contribution in [0, 0.1) is 23.3 Å². The molecule has 9 nitrogen and oxygen atoms in total. The average molecular weight is 464 g/mol. The highest BCUT2D eigenvalue weighted by atomic mass is 19.2. The van der Waals surface area contributed by atoms with E-state index in [4.69, 9.17) is 5.11 Å². The van der Waals surface area contributed by atoms with E-state index in [9.17, 15) is 41.5 Å². The first-order valence-electron chi connectivity index (χ1n) is 9.23. The fourth-order valence-electron chi connectivity index (χ4n) is 2.32. The van der Waals surface area contributed by atoms with Crippen LogP contribution in [0.4, 0.5) is 17.6 Å². The molecule has 0 aromatic heterocycles. The molecule has 13 heteroatoms. The summed E-state index contributed by atoms with van der Waals surface area (Å²) >= 11 is 0. The minimum absolute atomic E-state index is 0.0641. The van der Waals surface area contributed by atoms with Crippen LogP contribution in [0.3, 0.4) is 0 Å². The Hall–Kier alpha value is -3.51. The van der Waals surface area contributed by atoms with Gasteiger partial charge in [-0.05, 0) is 13.3 Å². The molecule has 3 N–H and O–H groups in total. The summed E-state index contributed by atoms with van der Waals surface area (Å²) in [6.07, 6.45) is -0.657. The lowest BCUT2D eigenvalue weighted by atomic mass is 10.1. The van der Waals surface area contributed by atoms with Crippen LogP contribution in [0.15, 0.2) is 6.07 Å². The third kappa shape index (κ3) is 7.32. The predicted octanol–water partition coefficient (Wildman–Crippen LogP) is 1.02. The first kappa shape index (κ1) is 26.5. The van der Waals surface area contributed by atoms with Gasteiger partial charge in [-0.2, -0.15) is 8.78 Å². The number of benzene rings is 1. The van der Waals surface area contributed by atoms with Crippen LogP contribution >= 0.6 is 0 Å². The van der Waals surface area contributed by atoms with Crippen molar-refractivity contribution in [3.8, 4) is 5.75 Å². The van der Waals surface area contributed by atoms with Crippen LogP contribution in [-0.2, 0) is 24.0 Å². The van der Waals surface area contributed by atoms with E-state index in [1.165, 1.54) is 0 Å². The number of amides is 2. The molecule has 0 aliphatic rings. The Morgan fingerprint density at radius 1 is 1.03 bits per heavy atom. The number of ether oxygens (including phenoxy) is 1. The second-order valence-electron chi connectivity index (χ2n) is 6.58. The molecule has 0 aliphatic heterocycles. The lowest BCUT2D eigenvalue weighted by Gasteiger charge is -2.20. The molecule has 0 spiro atoms. The topological polar surface area (TPSA) is 139 Å². The third-order valence-electron chi connectivity index (χ3n) is 3.99. The van der Waals surface area contributed by atoms with Gasteiger partial charge in [0.2, 0.25) is 23.3 Å². The highest BCUT2D eigenvalue weighted by molar-refractivity contribution is 6.36. The number of Topliss-reactive ketones (excluding diaryl/α,β-unsaturated/α-hetero) is 2. The van der Waals surface area contributed by atoms with Gasteiger partial charge >= 0.3 is 5.97 Å². The molecule has 0 radical (unpaired) electrons. The normalized spacial score (nSPS) is 12.4. The third-order valence-corrected chi connectivity index (χ3v) is 3.99. The van der Waals surface area contributed by atoms with Gasteiger partial charge in [-0.1, -0.05) is 6.92 Å². The van der Waals surface area contributed by atoms with Crippen molar-refractivity contribution in [2.45, 2.75) is 45.2 Å². The number of carbonyl (C=O) groups is 5. The van der Waals surface area contributed by atoms with Crippen LogP contribution < -0.4 is 15.4 Å². The Balaban J connectivity index is 2.87. The van der Waals surface area contributed by atoms with Crippen molar-refractivity contribution in [3.05, 3.63) is 29.3 Å². The fraction of sp³-hybridized carbons (Fsp3) is 0.421. The molecular formula is C19H20F4N2O7. The zero-order chi connectivity index (χ0) is 24.6. The highest BCUT2D eigenvalue weighted by Crippen LogP contribution is 2.26. The molecule has 32 heavy (non-hydrogen) atoms. The number of halogens is 4. The van der Waals surface area contributed by atoms with E-state index >= 15 is 0 Å². The SMILES string of the molecule is CCCC(=O)C(=O)N[C@@H](C)C(=O)N[C@@H](CC(=O)O)C(=O)COc1c(F)c(F)cc(F)c1F. The number of hydrogen-bond donors (Lipinski definition) is 3. The molecule has 176 valence electrons. The Morgan fingerprint density at radius 2 is 1.59 bits per heavy atom. The maximum absolute atomic E-state index is 13.6. The second-order valence-corrected chi connectivity index (χ2v) is 6.58. The van der Waals surface area contributed by atoms with Crippen LogP contribution in [0.5, 0.6) is 5.75 Å². The average Bonchev–Trinajstić information content (AvgIpc) is 2.71. The van der Waals surface area contributed by atoms with Crippen molar-refractivity contribution in [1.82, 2.24) is 10.6 Å². The van der Waals surface area contributed by atoms with Crippen molar-refractivity contribution < 1.29 is 51.4 Å². The van der Waals surface area contributed by atoms with Gasteiger partial charge in [0.1, 0.15) is 18.7 Å². The van der Waals surface area contributed by atoms with Crippen LogP contribution in [0.25, 0.3) is 0 Å². The van der Waals surface area contributed by atoms with E-state index in [2.05, 4.69) is 10.1 Å². The molecule has 2 atom stereocenters. The number of hydrogen-bond acceptors (Lipinski definition) is 6. The van der Waals surface area contributed by atoms with Crippen molar-refractivity contribution in [1.29, 1.82) is 0 Å². The Bertz CT molecular complexity index is 897. The van der Waals surface area contributed by atoms with Gasteiger partial charge in [-0.3, -0.25) is 24.0 Å². The molecular weight excluding hydrogens is 444 g/mol. The van der Waals surface area contributed by atoms with Gasteiger partial charge < -0.3 is 20.5 Å². The number of carbonyl (C=O) groups excluding carboxylic acids is 4. The van der Waals surface area contributed by atoms with Crippen LogP contribution in [0.2, 0.25) is 0 Å². The minimum atomic E-state index is -1.91. The number of aliphatic carboxylic acids is 1. The quantitative estimate of drug-likeness (QED) is 0.239. The number of carboxylic acids is 1. The van der Waals surface area contributed by atoms with Crippen molar-refractivity contribution in [2.24, 2.45) is 0 Å². The number of nitrogens with one attached hydrogen (secondary N) is 2. The Morgan fingerprint density at radius 3 is 2.09 bits per heavy atom. The fourth-order valence-corrected chi connectivity index (χ4v) is 2.32. The smallest absolute Gasteiger partial charge is 0.305 e. The van der Waals surface area contributed by atoms with E-state index < -0.39 is 83.5 Å². The zero-order valence-electron chi connectivity index (χ0n) is 17.0. The molecule has 1 rings (SSSR count). The molecule has 0 fully saturated rings. The molecule has 0 saturated heterocycles. The first-order valence-corrected chi connectivity index (χ1v) is 9.23. The maximum atomic E-state index is 13.6. The van der Waals surface area contributed by atoms with Gasteiger partial charge in [0.15, 0.2) is 23.2 Å². The number of carboxylic acid groups (broad SMARTS) is 1. The van der Waals surface area contributed by atoms with Gasteiger partial charge in [-0.25, -0.2) is 8.78 Å². The largest absolute Gasteiger partial charge is 0.481 e. The number of rotatable bonds is 12. The summed E-state index contributed by atoms with van der Waals surface area (Å²) < 4.78 is 58.1. The van der Waals surface area contributed by atoms with Crippen molar-refractivity contribution in [2.75, 3.05) is 6.61 Å². The van der Waals surface area contributed by atoms with E-state index in [0.717, 1.165) is 6.92 Å². The molecule has 0 heterocycles. The van der Waals surface area contributed by atoms with E-state index in [1.54, 1.807) is 6.92 Å².